The normalized spacial score (nSPS) is 25.6. The number of hydrogen-bond donors (Lipinski definition) is 3. The first kappa shape index (κ1) is 12.2. The molecule has 1 amide bonds. The maximum atomic E-state index is 12.2. The molecule has 0 aromatic carbocycles. The van der Waals surface area contributed by atoms with Gasteiger partial charge in [-0.25, -0.2) is 0 Å². The Bertz CT molecular complexity index is 333. The van der Waals surface area contributed by atoms with E-state index in [1.165, 1.54) is 19.3 Å². The van der Waals surface area contributed by atoms with Crippen LogP contribution in [-0.2, 0) is 4.79 Å². The second-order valence-corrected chi connectivity index (χ2v) is 5.37. The molecule has 17 heavy (non-hydrogen) atoms. The molecular weight excluding hydrogens is 218 g/mol. The van der Waals surface area contributed by atoms with Crippen LogP contribution in [0, 0.1) is 11.3 Å². The number of rotatable bonds is 4. The standard InChI is InChI=1S/C12H21N3O2/c1-8(9-4-2-5-9)14-11(16)12(6-3-7-12)10(13)15-17/h8-9,17H,2-7H2,1H3,(H2,13,15)(H,14,16). The average molecular weight is 239 g/mol. The summed E-state index contributed by atoms with van der Waals surface area (Å²) in [5.41, 5.74) is 4.91. The summed E-state index contributed by atoms with van der Waals surface area (Å²) in [7, 11) is 0. The van der Waals surface area contributed by atoms with E-state index in [1.807, 2.05) is 6.92 Å². The smallest absolute Gasteiger partial charge is 0.234 e. The van der Waals surface area contributed by atoms with Crippen molar-refractivity contribution in [3.63, 3.8) is 0 Å². The van der Waals surface area contributed by atoms with Crippen molar-refractivity contribution in [1.82, 2.24) is 5.32 Å². The summed E-state index contributed by atoms with van der Waals surface area (Å²) in [4.78, 5) is 12.2. The van der Waals surface area contributed by atoms with Gasteiger partial charge in [0.2, 0.25) is 5.91 Å². The molecule has 2 fully saturated rings. The van der Waals surface area contributed by atoms with Gasteiger partial charge < -0.3 is 16.3 Å². The van der Waals surface area contributed by atoms with Crippen LogP contribution in [0.15, 0.2) is 5.16 Å². The molecule has 1 unspecified atom stereocenters. The van der Waals surface area contributed by atoms with Crippen molar-refractivity contribution < 1.29 is 10.0 Å². The van der Waals surface area contributed by atoms with Crippen molar-refractivity contribution in [2.24, 2.45) is 22.2 Å². The van der Waals surface area contributed by atoms with Gasteiger partial charge in [-0.05, 0) is 38.5 Å². The molecule has 5 nitrogen and oxygen atoms in total. The Morgan fingerprint density at radius 1 is 1.47 bits per heavy atom. The minimum Gasteiger partial charge on any atom is -0.409 e. The van der Waals surface area contributed by atoms with Gasteiger partial charge in [-0.15, -0.1) is 0 Å². The van der Waals surface area contributed by atoms with Gasteiger partial charge in [0.05, 0.1) is 0 Å². The third kappa shape index (κ3) is 1.98. The summed E-state index contributed by atoms with van der Waals surface area (Å²) in [6.45, 7) is 2.04. The lowest BCUT2D eigenvalue weighted by molar-refractivity contribution is -0.132. The van der Waals surface area contributed by atoms with E-state index < -0.39 is 5.41 Å². The predicted molar refractivity (Wildman–Crippen MR) is 64.6 cm³/mol. The lowest BCUT2D eigenvalue weighted by Gasteiger charge is -2.41. The summed E-state index contributed by atoms with van der Waals surface area (Å²) < 4.78 is 0. The molecule has 2 rings (SSSR count). The van der Waals surface area contributed by atoms with Crippen LogP contribution in [0.2, 0.25) is 0 Å². The third-order valence-electron chi connectivity index (χ3n) is 4.46. The van der Waals surface area contributed by atoms with E-state index in [-0.39, 0.29) is 17.8 Å². The van der Waals surface area contributed by atoms with Gasteiger partial charge in [0.15, 0.2) is 5.84 Å². The highest BCUT2D eigenvalue weighted by molar-refractivity contribution is 6.07. The fraction of sp³-hybridized carbons (Fsp3) is 0.833. The molecule has 1 atom stereocenters. The Kier molecular flexibility index (Phi) is 3.26. The second kappa shape index (κ2) is 4.55. The predicted octanol–water partition coefficient (Wildman–Crippen LogP) is 1.21. The van der Waals surface area contributed by atoms with Crippen molar-refractivity contribution in [3.05, 3.63) is 0 Å². The summed E-state index contributed by atoms with van der Waals surface area (Å²) in [6.07, 6.45) is 5.98. The van der Waals surface area contributed by atoms with E-state index in [0.29, 0.717) is 18.8 Å². The maximum Gasteiger partial charge on any atom is 0.234 e. The number of nitrogens with zero attached hydrogens (tertiary/aromatic N) is 1. The minimum absolute atomic E-state index is 0.0575. The summed E-state index contributed by atoms with van der Waals surface area (Å²) in [5.74, 6) is 0.587. The van der Waals surface area contributed by atoms with Crippen molar-refractivity contribution in [3.8, 4) is 0 Å². The number of hydrogen-bond acceptors (Lipinski definition) is 3. The lowest BCUT2D eigenvalue weighted by atomic mass is 9.67. The summed E-state index contributed by atoms with van der Waals surface area (Å²) >= 11 is 0. The Hall–Kier alpha value is -1.26. The highest BCUT2D eigenvalue weighted by Crippen LogP contribution is 2.42. The molecule has 0 aliphatic heterocycles. The maximum absolute atomic E-state index is 12.2. The SMILES string of the molecule is CC(NC(=O)C1(C(N)=NO)CCC1)C1CCC1. The fourth-order valence-corrected chi connectivity index (χ4v) is 2.63. The molecule has 0 bridgehead atoms. The average Bonchev–Trinajstić information content (AvgIpc) is 2.12. The van der Waals surface area contributed by atoms with E-state index in [9.17, 15) is 4.79 Å². The number of nitrogens with two attached hydrogens (primary N) is 1. The van der Waals surface area contributed by atoms with Gasteiger partial charge in [0, 0.05) is 6.04 Å². The van der Waals surface area contributed by atoms with Gasteiger partial charge in [-0.3, -0.25) is 4.79 Å². The number of nitrogens with one attached hydrogen (secondary N) is 1. The molecule has 0 aromatic heterocycles. The van der Waals surface area contributed by atoms with Crippen molar-refractivity contribution >= 4 is 11.7 Å². The van der Waals surface area contributed by atoms with Crippen molar-refractivity contribution in [1.29, 1.82) is 0 Å². The molecule has 0 spiro atoms. The molecule has 2 aliphatic carbocycles. The molecule has 5 heteroatoms. The number of carbonyl (C=O) groups excluding carboxylic acids is 1. The Balaban J connectivity index is 1.98. The zero-order valence-corrected chi connectivity index (χ0v) is 10.3. The lowest BCUT2D eigenvalue weighted by Crippen LogP contribution is -2.56. The van der Waals surface area contributed by atoms with Gasteiger partial charge in [0.1, 0.15) is 5.41 Å². The summed E-state index contributed by atoms with van der Waals surface area (Å²) in [5, 5.41) is 14.8. The first-order valence-corrected chi connectivity index (χ1v) is 6.39. The molecule has 96 valence electrons. The van der Waals surface area contributed by atoms with E-state index in [0.717, 1.165) is 6.42 Å². The van der Waals surface area contributed by atoms with E-state index in [2.05, 4.69) is 10.5 Å². The third-order valence-corrected chi connectivity index (χ3v) is 4.46. The Morgan fingerprint density at radius 3 is 2.47 bits per heavy atom. The fourth-order valence-electron chi connectivity index (χ4n) is 2.63. The highest BCUT2D eigenvalue weighted by atomic mass is 16.4. The zero-order valence-electron chi connectivity index (χ0n) is 10.3. The van der Waals surface area contributed by atoms with Crippen molar-refractivity contribution in [2.75, 3.05) is 0 Å². The van der Waals surface area contributed by atoms with Crippen LogP contribution in [0.4, 0.5) is 0 Å². The summed E-state index contributed by atoms with van der Waals surface area (Å²) in [6, 6.07) is 0.195. The quantitative estimate of drug-likeness (QED) is 0.298. The van der Waals surface area contributed by atoms with E-state index in [4.69, 9.17) is 10.9 Å². The first-order valence-electron chi connectivity index (χ1n) is 6.39. The van der Waals surface area contributed by atoms with Crippen LogP contribution in [0.25, 0.3) is 0 Å². The second-order valence-electron chi connectivity index (χ2n) is 5.37. The molecule has 0 saturated heterocycles. The molecule has 2 saturated carbocycles. The Morgan fingerprint density at radius 2 is 2.12 bits per heavy atom. The van der Waals surface area contributed by atoms with Gasteiger partial charge in [-0.1, -0.05) is 18.0 Å². The topological polar surface area (TPSA) is 87.7 Å². The molecule has 4 N–H and O–H groups in total. The number of amides is 1. The van der Waals surface area contributed by atoms with Gasteiger partial charge >= 0.3 is 0 Å². The highest BCUT2D eigenvalue weighted by Gasteiger charge is 2.49. The van der Waals surface area contributed by atoms with E-state index >= 15 is 0 Å². The molecule has 0 radical (unpaired) electrons. The van der Waals surface area contributed by atoms with Crippen LogP contribution in [0.5, 0.6) is 0 Å². The molecule has 0 heterocycles. The Labute approximate surface area is 101 Å². The van der Waals surface area contributed by atoms with Crippen LogP contribution >= 0.6 is 0 Å². The van der Waals surface area contributed by atoms with Gasteiger partial charge in [0.25, 0.3) is 0 Å². The zero-order chi connectivity index (χ0) is 12.5. The largest absolute Gasteiger partial charge is 0.409 e. The molecule has 2 aliphatic rings. The molecule has 0 aromatic rings. The molecular formula is C12H21N3O2. The van der Waals surface area contributed by atoms with E-state index in [1.54, 1.807) is 0 Å². The number of carbonyl (C=O) groups is 1. The number of amidine groups is 1. The first-order chi connectivity index (χ1) is 8.10. The van der Waals surface area contributed by atoms with Crippen LogP contribution < -0.4 is 11.1 Å². The van der Waals surface area contributed by atoms with Crippen LogP contribution in [0.3, 0.4) is 0 Å². The van der Waals surface area contributed by atoms with Gasteiger partial charge in [-0.2, -0.15) is 0 Å². The monoisotopic (exact) mass is 239 g/mol. The minimum atomic E-state index is -0.743. The van der Waals surface area contributed by atoms with Crippen LogP contribution in [0.1, 0.15) is 45.4 Å². The number of oxime groups is 1. The van der Waals surface area contributed by atoms with Crippen LogP contribution in [-0.4, -0.2) is 23.0 Å². The van der Waals surface area contributed by atoms with Crippen molar-refractivity contribution in [2.45, 2.75) is 51.5 Å².